The number of aryl methyl sites for hydroxylation is 2. The molecule has 103 valence electrons. The van der Waals surface area contributed by atoms with E-state index in [-0.39, 0.29) is 5.91 Å². The van der Waals surface area contributed by atoms with Crippen molar-refractivity contribution in [3.8, 4) is 0 Å². The lowest BCUT2D eigenvalue weighted by Crippen LogP contribution is -2.27. The van der Waals surface area contributed by atoms with Gasteiger partial charge in [0.15, 0.2) is 0 Å². The highest BCUT2D eigenvalue weighted by Gasteiger charge is 2.16. The Morgan fingerprint density at radius 2 is 1.85 bits per heavy atom. The summed E-state index contributed by atoms with van der Waals surface area (Å²) in [5, 5.41) is 0. The summed E-state index contributed by atoms with van der Waals surface area (Å²) in [6, 6.07) is 15.7. The van der Waals surface area contributed by atoms with E-state index >= 15 is 0 Å². The molecule has 0 N–H and O–H groups in total. The fourth-order valence-electron chi connectivity index (χ4n) is 2.28. The Balaban J connectivity index is 2.33. The average Bonchev–Trinajstić information content (AvgIpc) is 2.47. The number of rotatable bonds is 4. The van der Waals surface area contributed by atoms with Crippen molar-refractivity contribution in [1.29, 1.82) is 0 Å². The number of para-hydroxylation sites is 1. The lowest BCUT2D eigenvalue weighted by atomic mass is 9.99. The summed E-state index contributed by atoms with van der Waals surface area (Å²) >= 11 is 0. The van der Waals surface area contributed by atoms with Gasteiger partial charge in [0.05, 0.1) is 0 Å². The van der Waals surface area contributed by atoms with E-state index in [0.717, 1.165) is 29.7 Å². The predicted molar refractivity (Wildman–Crippen MR) is 84.0 cm³/mol. The van der Waals surface area contributed by atoms with E-state index < -0.39 is 0 Å². The lowest BCUT2D eigenvalue weighted by molar-refractivity contribution is 0.0992. The van der Waals surface area contributed by atoms with Gasteiger partial charge in [0, 0.05) is 18.3 Å². The zero-order valence-electron chi connectivity index (χ0n) is 12.1. The second-order valence-electron chi connectivity index (χ2n) is 4.96. The highest BCUT2D eigenvalue weighted by molar-refractivity contribution is 6.06. The summed E-state index contributed by atoms with van der Waals surface area (Å²) in [5.74, 6) is 0.0275. The minimum atomic E-state index is 0.0275. The maximum atomic E-state index is 12.7. The van der Waals surface area contributed by atoms with Gasteiger partial charge in [-0.1, -0.05) is 42.8 Å². The van der Waals surface area contributed by atoms with Gasteiger partial charge in [-0.05, 0) is 43.5 Å². The molecule has 0 aliphatic rings. The highest BCUT2D eigenvalue weighted by atomic mass is 16.2. The Bertz CT molecular complexity index is 590. The maximum absolute atomic E-state index is 12.7. The van der Waals surface area contributed by atoms with Crippen LogP contribution in [0.5, 0.6) is 0 Å². The van der Waals surface area contributed by atoms with Crippen LogP contribution in [0.1, 0.15) is 27.9 Å². The Hall–Kier alpha value is -2.09. The number of hydrogen-bond acceptors (Lipinski definition) is 1. The molecule has 2 nitrogen and oxygen atoms in total. The van der Waals surface area contributed by atoms with E-state index in [4.69, 9.17) is 0 Å². The summed E-state index contributed by atoms with van der Waals surface area (Å²) in [7, 11) is 1.81. The van der Waals surface area contributed by atoms with Gasteiger partial charge in [-0.25, -0.2) is 0 Å². The normalized spacial score (nSPS) is 10.3. The van der Waals surface area contributed by atoms with Crippen LogP contribution in [0.25, 0.3) is 0 Å². The van der Waals surface area contributed by atoms with Gasteiger partial charge in [0.25, 0.3) is 5.91 Å². The second-order valence-corrected chi connectivity index (χ2v) is 4.96. The number of carbonyl (C=O) groups excluding carboxylic acids is 1. The van der Waals surface area contributed by atoms with Gasteiger partial charge < -0.3 is 4.90 Å². The minimum Gasteiger partial charge on any atom is -0.311 e. The SMILES string of the molecule is [CH2]CCc1cc(C)ccc1C(=O)N(C)c1ccccc1. The van der Waals surface area contributed by atoms with Gasteiger partial charge in [-0.3, -0.25) is 4.79 Å². The fourth-order valence-corrected chi connectivity index (χ4v) is 2.28. The smallest absolute Gasteiger partial charge is 0.258 e. The van der Waals surface area contributed by atoms with Crippen molar-refractivity contribution in [3.05, 3.63) is 72.1 Å². The molecule has 0 unspecified atom stereocenters. The summed E-state index contributed by atoms with van der Waals surface area (Å²) in [6.07, 6.45) is 1.62. The van der Waals surface area contributed by atoms with Gasteiger partial charge in [-0.15, -0.1) is 0 Å². The Labute approximate surface area is 121 Å². The van der Waals surface area contributed by atoms with Gasteiger partial charge in [-0.2, -0.15) is 0 Å². The largest absolute Gasteiger partial charge is 0.311 e. The topological polar surface area (TPSA) is 20.3 Å². The van der Waals surface area contributed by atoms with Crippen LogP contribution in [0.2, 0.25) is 0 Å². The zero-order chi connectivity index (χ0) is 14.5. The van der Waals surface area contributed by atoms with Crippen LogP contribution in [-0.2, 0) is 6.42 Å². The standard InChI is InChI=1S/C18H20NO/c1-4-8-15-13-14(2)11-12-17(15)18(20)19(3)16-9-6-5-7-10-16/h5-7,9-13H,1,4,8H2,2-3H3. The van der Waals surface area contributed by atoms with E-state index in [1.165, 1.54) is 5.56 Å². The molecule has 0 aliphatic heterocycles. The maximum Gasteiger partial charge on any atom is 0.258 e. The van der Waals surface area contributed by atoms with E-state index in [1.807, 2.05) is 56.4 Å². The molecule has 0 saturated carbocycles. The third kappa shape index (κ3) is 3.08. The molecule has 0 atom stereocenters. The number of carbonyl (C=O) groups is 1. The zero-order valence-corrected chi connectivity index (χ0v) is 12.1. The number of benzene rings is 2. The molecule has 1 radical (unpaired) electrons. The van der Waals surface area contributed by atoms with E-state index in [0.29, 0.717) is 0 Å². The van der Waals surface area contributed by atoms with E-state index in [9.17, 15) is 4.79 Å². The van der Waals surface area contributed by atoms with E-state index in [2.05, 4.69) is 13.0 Å². The second kappa shape index (κ2) is 6.38. The van der Waals surface area contributed by atoms with Crippen molar-refractivity contribution in [2.45, 2.75) is 19.8 Å². The summed E-state index contributed by atoms with van der Waals surface area (Å²) in [5.41, 5.74) is 3.92. The van der Waals surface area contributed by atoms with Crippen LogP contribution in [0.3, 0.4) is 0 Å². The Morgan fingerprint density at radius 1 is 1.15 bits per heavy atom. The number of nitrogens with zero attached hydrogens (tertiary/aromatic N) is 1. The minimum absolute atomic E-state index is 0.0275. The molecule has 2 aromatic carbocycles. The summed E-state index contributed by atoms with van der Waals surface area (Å²) < 4.78 is 0. The van der Waals surface area contributed by atoms with Gasteiger partial charge in [0.2, 0.25) is 0 Å². The Morgan fingerprint density at radius 3 is 2.50 bits per heavy atom. The number of anilines is 1. The first-order chi connectivity index (χ1) is 9.63. The fraction of sp³-hybridized carbons (Fsp3) is 0.222. The molecule has 1 amide bonds. The van der Waals surface area contributed by atoms with Crippen LogP contribution < -0.4 is 4.90 Å². The molecular formula is C18H20NO. The molecule has 2 aromatic rings. The van der Waals surface area contributed by atoms with Gasteiger partial charge >= 0.3 is 0 Å². The van der Waals surface area contributed by atoms with Crippen LogP contribution >= 0.6 is 0 Å². The van der Waals surface area contributed by atoms with Crippen molar-refractivity contribution in [2.75, 3.05) is 11.9 Å². The van der Waals surface area contributed by atoms with Crippen molar-refractivity contribution in [1.82, 2.24) is 0 Å². The van der Waals surface area contributed by atoms with Crippen LogP contribution in [0.4, 0.5) is 5.69 Å². The molecule has 0 spiro atoms. The summed E-state index contributed by atoms with van der Waals surface area (Å²) in [4.78, 5) is 14.3. The van der Waals surface area contributed by atoms with Crippen LogP contribution in [0.15, 0.2) is 48.5 Å². The molecule has 0 aromatic heterocycles. The molecule has 0 heterocycles. The summed E-state index contributed by atoms with van der Waals surface area (Å²) in [6.45, 7) is 5.93. The molecule has 2 heteroatoms. The quantitative estimate of drug-likeness (QED) is 0.818. The third-order valence-electron chi connectivity index (χ3n) is 3.39. The number of hydrogen-bond donors (Lipinski definition) is 0. The first kappa shape index (κ1) is 14.3. The van der Waals surface area contributed by atoms with Crippen molar-refractivity contribution < 1.29 is 4.79 Å². The molecular weight excluding hydrogens is 246 g/mol. The molecule has 0 bridgehead atoms. The highest BCUT2D eigenvalue weighted by Crippen LogP contribution is 2.19. The molecule has 0 aliphatic carbocycles. The monoisotopic (exact) mass is 266 g/mol. The first-order valence-electron chi connectivity index (χ1n) is 6.85. The lowest BCUT2D eigenvalue weighted by Gasteiger charge is -2.19. The predicted octanol–water partition coefficient (Wildman–Crippen LogP) is 4.04. The van der Waals surface area contributed by atoms with Crippen LogP contribution in [0, 0.1) is 13.8 Å². The number of amides is 1. The van der Waals surface area contributed by atoms with Crippen molar-refractivity contribution in [2.24, 2.45) is 0 Å². The molecule has 0 saturated heterocycles. The van der Waals surface area contributed by atoms with E-state index in [1.54, 1.807) is 4.90 Å². The Kier molecular flexibility index (Phi) is 4.57. The average molecular weight is 266 g/mol. The molecule has 2 rings (SSSR count). The molecule has 0 fully saturated rings. The first-order valence-corrected chi connectivity index (χ1v) is 6.85. The van der Waals surface area contributed by atoms with Gasteiger partial charge in [0.1, 0.15) is 0 Å². The molecule has 20 heavy (non-hydrogen) atoms. The third-order valence-corrected chi connectivity index (χ3v) is 3.39. The van der Waals surface area contributed by atoms with Crippen LogP contribution in [-0.4, -0.2) is 13.0 Å². The van der Waals surface area contributed by atoms with Crippen molar-refractivity contribution >= 4 is 11.6 Å². The van der Waals surface area contributed by atoms with Crippen molar-refractivity contribution in [3.63, 3.8) is 0 Å².